The fourth-order valence-corrected chi connectivity index (χ4v) is 3.79. The van der Waals surface area contributed by atoms with Gasteiger partial charge in [-0.2, -0.15) is 26.3 Å². The molecule has 1 saturated heterocycles. The Morgan fingerprint density at radius 3 is 2.06 bits per heavy atom. The van der Waals surface area contributed by atoms with Gasteiger partial charge in [-0.15, -0.1) is 0 Å². The van der Waals surface area contributed by atoms with Crippen LogP contribution in [0.25, 0.3) is 0 Å². The van der Waals surface area contributed by atoms with E-state index in [0.29, 0.717) is 12.1 Å². The molecule has 1 aliphatic heterocycles. The summed E-state index contributed by atoms with van der Waals surface area (Å²) in [4.78, 5) is 1.55. The van der Waals surface area contributed by atoms with Gasteiger partial charge in [-0.05, 0) is 41.5 Å². The number of hydrogen-bond acceptors (Lipinski definition) is 3. The zero-order valence-corrected chi connectivity index (χ0v) is 16.5. The highest BCUT2D eigenvalue weighted by molar-refractivity contribution is 5.34. The van der Waals surface area contributed by atoms with Gasteiger partial charge >= 0.3 is 12.4 Å². The molecular weight excluding hydrogens is 450 g/mol. The van der Waals surface area contributed by atoms with Crippen molar-refractivity contribution in [2.75, 3.05) is 26.3 Å². The van der Waals surface area contributed by atoms with Crippen LogP contribution in [-0.4, -0.2) is 36.3 Å². The van der Waals surface area contributed by atoms with Crippen molar-refractivity contribution in [3.05, 3.63) is 70.3 Å². The van der Waals surface area contributed by atoms with Crippen molar-refractivity contribution in [3.63, 3.8) is 0 Å². The molecule has 0 bridgehead atoms. The molecule has 1 fully saturated rings. The van der Waals surface area contributed by atoms with E-state index in [1.807, 2.05) is 0 Å². The molecule has 11 heteroatoms. The van der Waals surface area contributed by atoms with Crippen molar-refractivity contribution >= 4 is 0 Å². The summed E-state index contributed by atoms with van der Waals surface area (Å²) in [6.07, 6.45) is -9.97. The summed E-state index contributed by atoms with van der Waals surface area (Å²) in [6.45, 7) is -0.531. The van der Waals surface area contributed by atoms with Gasteiger partial charge in [-0.3, -0.25) is 4.90 Å². The molecule has 1 atom stereocenters. The number of aliphatic hydroxyl groups excluding tert-OH is 1. The topological polar surface area (TPSA) is 32.7 Å². The minimum absolute atomic E-state index is 0.0179. The molecule has 0 aromatic heterocycles. The lowest BCUT2D eigenvalue weighted by atomic mass is 9.88. The summed E-state index contributed by atoms with van der Waals surface area (Å²) in [6, 6.07) is 4.41. The third kappa shape index (κ3) is 5.38. The van der Waals surface area contributed by atoms with Crippen LogP contribution in [0.4, 0.5) is 35.1 Å². The third-order valence-electron chi connectivity index (χ3n) is 5.28. The maximum absolute atomic E-state index is 13.8. The van der Waals surface area contributed by atoms with E-state index < -0.39 is 47.3 Å². The number of rotatable bonds is 5. The number of benzene rings is 2. The van der Waals surface area contributed by atoms with E-state index in [0.717, 1.165) is 12.1 Å². The van der Waals surface area contributed by atoms with Gasteiger partial charge in [0.1, 0.15) is 5.60 Å². The first-order chi connectivity index (χ1) is 14.8. The summed E-state index contributed by atoms with van der Waals surface area (Å²) in [5.41, 5.74) is -4.15. The van der Waals surface area contributed by atoms with Gasteiger partial charge in [0.25, 0.3) is 0 Å². The Hall–Kier alpha value is -2.24. The van der Waals surface area contributed by atoms with E-state index >= 15 is 0 Å². The van der Waals surface area contributed by atoms with E-state index in [-0.39, 0.29) is 49.9 Å². The van der Waals surface area contributed by atoms with Crippen LogP contribution in [-0.2, 0) is 29.2 Å². The molecule has 0 saturated carbocycles. The van der Waals surface area contributed by atoms with Crippen LogP contribution in [0.3, 0.4) is 0 Å². The number of halogens is 8. The quantitative estimate of drug-likeness (QED) is 0.618. The molecule has 2 aromatic rings. The Balaban J connectivity index is 1.93. The zero-order valence-electron chi connectivity index (χ0n) is 16.5. The first kappa shape index (κ1) is 24.4. The monoisotopic (exact) mass is 469 g/mol. The molecular formula is C21H19F8NO2. The van der Waals surface area contributed by atoms with E-state index in [9.17, 15) is 40.2 Å². The lowest BCUT2D eigenvalue weighted by molar-refractivity contribution is -0.143. The molecule has 1 N–H and O–H groups in total. The lowest BCUT2D eigenvalue weighted by Crippen LogP contribution is -2.50. The van der Waals surface area contributed by atoms with E-state index in [4.69, 9.17) is 4.74 Å². The molecule has 176 valence electrons. The van der Waals surface area contributed by atoms with Gasteiger partial charge in [0.05, 0.1) is 17.7 Å². The number of nitrogens with zero attached hydrogens (tertiary/aromatic N) is 1. The fraction of sp³-hybridized carbons (Fsp3) is 0.429. The summed E-state index contributed by atoms with van der Waals surface area (Å²) in [5.74, 6) is -2.24. The van der Waals surface area contributed by atoms with Crippen molar-refractivity contribution in [2.24, 2.45) is 0 Å². The highest BCUT2D eigenvalue weighted by atomic mass is 19.4. The second-order valence-electron chi connectivity index (χ2n) is 7.57. The summed E-state index contributed by atoms with van der Waals surface area (Å²) in [5, 5.41) is 9.48. The van der Waals surface area contributed by atoms with Crippen LogP contribution in [0.1, 0.15) is 28.7 Å². The van der Waals surface area contributed by atoms with Crippen LogP contribution >= 0.6 is 0 Å². The Kier molecular flexibility index (Phi) is 6.83. The highest BCUT2D eigenvalue weighted by Gasteiger charge is 2.40. The van der Waals surface area contributed by atoms with Gasteiger partial charge in [0.15, 0.2) is 11.6 Å². The van der Waals surface area contributed by atoms with Crippen molar-refractivity contribution in [1.29, 1.82) is 0 Å². The average molecular weight is 469 g/mol. The van der Waals surface area contributed by atoms with Crippen LogP contribution < -0.4 is 0 Å². The van der Waals surface area contributed by atoms with Gasteiger partial charge in [0, 0.05) is 32.7 Å². The van der Waals surface area contributed by atoms with Crippen molar-refractivity contribution < 1.29 is 45.0 Å². The maximum atomic E-state index is 13.8. The predicted octanol–water partition coefficient (Wildman–Crippen LogP) is 5.11. The van der Waals surface area contributed by atoms with E-state index in [2.05, 4.69) is 0 Å². The average Bonchev–Trinajstić information content (AvgIpc) is 2.69. The second kappa shape index (κ2) is 8.95. The molecule has 1 unspecified atom stereocenters. The third-order valence-corrected chi connectivity index (χ3v) is 5.28. The van der Waals surface area contributed by atoms with Gasteiger partial charge in [-0.25, -0.2) is 8.78 Å². The molecule has 2 aromatic carbocycles. The zero-order chi connectivity index (χ0) is 23.7. The standard InChI is InChI=1S/C21H19F8NO2/c22-17-2-1-14(10-18(17)23)19(3-5-31)12-30(4-6-32-19)11-13-7-15(20(24,25)26)9-16(8-13)21(27,28)29/h1-2,7-10,31H,3-6,11-12H2. The van der Waals surface area contributed by atoms with Crippen LogP contribution in [0.5, 0.6) is 0 Å². The molecule has 3 rings (SSSR count). The predicted molar refractivity (Wildman–Crippen MR) is 97.4 cm³/mol. The molecule has 0 amide bonds. The summed E-state index contributed by atoms with van der Waals surface area (Å²) < 4.78 is 112. The van der Waals surface area contributed by atoms with Crippen LogP contribution in [0, 0.1) is 11.6 Å². The summed E-state index contributed by atoms with van der Waals surface area (Å²) in [7, 11) is 0. The Morgan fingerprint density at radius 2 is 1.53 bits per heavy atom. The Labute approximate surface area is 178 Å². The number of hydrogen-bond donors (Lipinski definition) is 1. The minimum atomic E-state index is -4.96. The van der Waals surface area contributed by atoms with Crippen molar-refractivity contribution in [1.82, 2.24) is 4.90 Å². The van der Waals surface area contributed by atoms with Crippen LogP contribution in [0.2, 0.25) is 0 Å². The maximum Gasteiger partial charge on any atom is 0.416 e. The first-order valence-corrected chi connectivity index (χ1v) is 9.55. The van der Waals surface area contributed by atoms with Crippen LogP contribution in [0.15, 0.2) is 36.4 Å². The molecule has 3 nitrogen and oxygen atoms in total. The summed E-state index contributed by atoms with van der Waals surface area (Å²) >= 11 is 0. The molecule has 1 aliphatic rings. The molecule has 32 heavy (non-hydrogen) atoms. The largest absolute Gasteiger partial charge is 0.416 e. The normalized spacial score (nSPS) is 20.5. The molecule has 1 heterocycles. The molecule has 0 radical (unpaired) electrons. The smallest absolute Gasteiger partial charge is 0.396 e. The number of alkyl halides is 6. The van der Waals surface area contributed by atoms with Gasteiger partial charge < -0.3 is 9.84 Å². The Morgan fingerprint density at radius 1 is 0.906 bits per heavy atom. The van der Waals surface area contributed by atoms with Gasteiger partial charge in [-0.1, -0.05) is 6.07 Å². The number of morpholine rings is 1. The Bertz CT molecular complexity index is 924. The molecule has 0 aliphatic carbocycles. The van der Waals surface area contributed by atoms with E-state index in [1.165, 1.54) is 6.07 Å². The number of aliphatic hydroxyl groups is 1. The van der Waals surface area contributed by atoms with Gasteiger partial charge in [0.2, 0.25) is 0 Å². The lowest BCUT2D eigenvalue weighted by Gasteiger charge is -2.43. The number of ether oxygens (including phenoxy) is 1. The van der Waals surface area contributed by atoms with Crippen molar-refractivity contribution in [2.45, 2.75) is 30.9 Å². The fourth-order valence-electron chi connectivity index (χ4n) is 3.79. The SMILES string of the molecule is OCCC1(c2ccc(F)c(F)c2)CN(Cc2cc(C(F)(F)F)cc(C(F)(F)F)c2)CCO1. The first-order valence-electron chi connectivity index (χ1n) is 9.55. The molecule has 0 spiro atoms. The minimum Gasteiger partial charge on any atom is -0.396 e. The second-order valence-corrected chi connectivity index (χ2v) is 7.57. The van der Waals surface area contributed by atoms with E-state index in [1.54, 1.807) is 4.90 Å². The van der Waals surface area contributed by atoms with Crippen molar-refractivity contribution in [3.8, 4) is 0 Å². The highest BCUT2D eigenvalue weighted by Crippen LogP contribution is 2.38.